The van der Waals surface area contributed by atoms with Gasteiger partial charge >= 0.3 is 0 Å². The Labute approximate surface area is 142 Å². The van der Waals surface area contributed by atoms with Crippen LogP contribution in [-0.4, -0.2) is 24.5 Å². The van der Waals surface area contributed by atoms with Crippen LogP contribution in [0.5, 0.6) is 0 Å². The minimum atomic E-state index is -3.92. The Hall–Kier alpha value is -3.20. The first kappa shape index (κ1) is 16.7. The Morgan fingerprint density at radius 2 is 1.84 bits per heavy atom. The van der Waals surface area contributed by atoms with Gasteiger partial charge in [-0.15, -0.1) is 0 Å². The lowest BCUT2D eigenvalue weighted by atomic mass is 10.2. The van der Waals surface area contributed by atoms with Gasteiger partial charge in [0.25, 0.3) is 15.9 Å². The maximum Gasteiger partial charge on any atom is 0.261 e. The molecule has 1 amide bonds. The van der Waals surface area contributed by atoms with Crippen molar-refractivity contribution in [3.05, 3.63) is 72.2 Å². The van der Waals surface area contributed by atoms with Crippen LogP contribution in [0.1, 0.15) is 10.4 Å². The minimum Gasteiger partial charge on any atom is -0.307 e. The number of hydrogen-bond donors (Lipinski definition) is 3. The number of carbonyl (C=O) groups excluding carboxylic acids is 1. The summed E-state index contributed by atoms with van der Waals surface area (Å²) >= 11 is 0. The second-order valence-corrected chi connectivity index (χ2v) is 6.75. The second-order valence-electron chi connectivity index (χ2n) is 5.06. The van der Waals surface area contributed by atoms with Crippen LogP contribution in [0, 0.1) is 5.82 Å². The highest BCUT2D eigenvalue weighted by Crippen LogP contribution is 2.18. The molecule has 0 radical (unpaired) electrons. The Bertz CT molecular complexity index is 986. The van der Waals surface area contributed by atoms with Crippen molar-refractivity contribution in [3.8, 4) is 0 Å². The van der Waals surface area contributed by atoms with Gasteiger partial charge in [-0.25, -0.2) is 12.8 Å². The molecule has 3 N–H and O–H groups in total. The van der Waals surface area contributed by atoms with Crippen LogP contribution in [0.2, 0.25) is 0 Å². The van der Waals surface area contributed by atoms with Gasteiger partial charge in [0.05, 0.1) is 11.1 Å². The predicted molar refractivity (Wildman–Crippen MR) is 90.2 cm³/mol. The summed E-state index contributed by atoms with van der Waals surface area (Å²) in [6.45, 7) is 0. The summed E-state index contributed by atoms with van der Waals surface area (Å²) < 4.78 is 40.1. The smallest absolute Gasteiger partial charge is 0.261 e. The van der Waals surface area contributed by atoms with E-state index in [9.17, 15) is 17.6 Å². The summed E-state index contributed by atoms with van der Waals surface area (Å²) in [5.74, 6) is -0.564. The van der Waals surface area contributed by atoms with Crippen molar-refractivity contribution in [1.29, 1.82) is 0 Å². The topological polar surface area (TPSA) is 104 Å². The fourth-order valence-corrected chi connectivity index (χ4v) is 3.16. The normalized spacial score (nSPS) is 11.1. The van der Waals surface area contributed by atoms with E-state index in [1.165, 1.54) is 42.6 Å². The molecule has 1 aromatic heterocycles. The number of rotatable bonds is 5. The zero-order valence-electron chi connectivity index (χ0n) is 12.7. The van der Waals surface area contributed by atoms with Crippen LogP contribution in [0.4, 0.5) is 15.9 Å². The third kappa shape index (κ3) is 4.01. The number of nitrogens with zero attached hydrogens (tertiary/aromatic N) is 1. The lowest BCUT2D eigenvalue weighted by Crippen LogP contribution is -2.16. The van der Waals surface area contributed by atoms with E-state index in [2.05, 4.69) is 20.2 Å². The van der Waals surface area contributed by atoms with Gasteiger partial charge in [0.2, 0.25) is 0 Å². The van der Waals surface area contributed by atoms with E-state index >= 15 is 0 Å². The molecule has 0 aliphatic carbocycles. The van der Waals surface area contributed by atoms with E-state index in [-0.39, 0.29) is 16.1 Å². The molecule has 0 spiro atoms. The number of aromatic amines is 1. The Kier molecular flexibility index (Phi) is 4.48. The first-order chi connectivity index (χ1) is 11.9. The Morgan fingerprint density at radius 1 is 1.08 bits per heavy atom. The molecule has 1 heterocycles. The van der Waals surface area contributed by atoms with Crippen LogP contribution in [-0.2, 0) is 10.0 Å². The summed E-state index contributed by atoms with van der Waals surface area (Å²) in [6, 6.07) is 12.0. The van der Waals surface area contributed by atoms with Gasteiger partial charge in [0.1, 0.15) is 11.6 Å². The molecular weight excluding hydrogens is 347 g/mol. The van der Waals surface area contributed by atoms with Crippen molar-refractivity contribution < 1.29 is 17.6 Å². The van der Waals surface area contributed by atoms with Crippen molar-refractivity contribution in [3.63, 3.8) is 0 Å². The Morgan fingerprint density at radius 3 is 2.52 bits per heavy atom. The van der Waals surface area contributed by atoms with E-state index in [1.807, 2.05) is 0 Å². The van der Waals surface area contributed by atoms with E-state index in [4.69, 9.17) is 0 Å². The maximum absolute atomic E-state index is 12.9. The molecule has 0 aliphatic rings. The highest BCUT2D eigenvalue weighted by Gasteiger charge is 2.17. The van der Waals surface area contributed by atoms with Crippen molar-refractivity contribution >= 4 is 27.4 Å². The number of anilines is 2. The summed E-state index contributed by atoms with van der Waals surface area (Å²) in [5.41, 5.74) is 0.380. The van der Waals surface area contributed by atoms with Crippen LogP contribution in [0.15, 0.2) is 65.7 Å². The number of halogens is 1. The van der Waals surface area contributed by atoms with Crippen molar-refractivity contribution in [1.82, 2.24) is 10.2 Å². The number of sulfonamides is 1. The molecule has 0 unspecified atom stereocenters. The summed E-state index contributed by atoms with van der Waals surface area (Å²) in [6.07, 6.45) is 1.48. The summed E-state index contributed by atoms with van der Waals surface area (Å²) in [7, 11) is -3.92. The molecule has 128 valence electrons. The van der Waals surface area contributed by atoms with E-state index in [0.717, 1.165) is 12.1 Å². The summed E-state index contributed by atoms with van der Waals surface area (Å²) in [4.78, 5) is 12.1. The van der Waals surface area contributed by atoms with Crippen LogP contribution >= 0.6 is 0 Å². The first-order valence-electron chi connectivity index (χ1n) is 7.13. The molecule has 25 heavy (non-hydrogen) atoms. The second kappa shape index (κ2) is 6.73. The molecule has 2 aromatic carbocycles. The van der Waals surface area contributed by atoms with E-state index in [1.54, 1.807) is 6.07 Å². The molecule has 3 aromatic rings. The zero-order valence-corrected chi connectivity index (χ0v) is 13.5. The van der Waals surface area contributed by atoms with Crippen molar-refractivity contribution in [2.24, 2.45) is 0 Å². The van der Waals surface area contributed by atoms with Gasteiger partial charge < -0.3 is 5.32 Å². The lowest BCUT2D eigenvalue weighted by Gasteiger charge is -2.09. The number of aromatic nitrogens is 2. The average Bonchev–Trinajstić information content (AvgIpc) is 3.10. The van der Waals surface area contributed by atoms with Crippen LogP contribution in [0.25, 0.3) is 0 Å². The van der Waals surface area contributed by atoms with Crippen LogP contribution < -0.4 is 10.0 Å². The average molecular weight is 360 g/mol. The zero-order chi connectivity index (χ0) is 17.9. The number of hydrogen-bond acceptors (Lipinski definition) is 4. The molecule has 0 saturated carbocycles. The molecule has 0 fully saturated rings. The molecule has 7 nitrogen and oxygen atoms in total. The highest BCUT2D eigenvalue weighted by atomic mass is 32.2. The monoisotopic (exact) mass is 360 g/mol. The largest absolute Gasteiger partial charge is 0.307 e. The SMILES string of the molecule is O=C(Nc1ccn[nH]1)c1cccc(S(=O)(=O)Nc2ccc(F)cc2)c1. The highest BCUT2D eigenvalue weighted by molar-refractivity contribution is 7.92. The van der Waals surface area contributed by atoms with Gasteiger partial charge in [0, 0.05) is 17.3 Å². The van der Waals surface area contributed by atoms with Gasteiger partial charge in [-0.05, 0) is 42.5 Å². The van der Waals surface area contributed by atoms with Crippen molar-refractivity contribution in [2.45, 2.75) is 4.90 Å². The standard InChI is InChI=1S/C16H13FN4O3S/c17-12-4-6-13(7-5-12)21-25(23,24)14-3-1-2-11(10-14)16(22)19-15-8-9-18-20-15/h1-10,21H,(H2,18,19,20,22). The molecular formula is C16H13FN4O3S. The van der Waals surface area contributed by atoms with Crippen molar-refractivity contribution in [2.75, 3.05) is 10.0 Å². The number of amides is 1. The van der Waals surface area contributed by atoms with Gasteiger partial charge in [0.15, 0.2) is 0 Å². The van der Waals surface area contributed by atoms with Crippen LogP contribution in [0.3, 0.4) is 0 Å². The number of benzene rings is 2. The molecule has 0 bridgehead atoms. The fraction of sp³-hybridized carbons (Fsp3) is 0. The quantitative estimate of drug-likeness (QED) is 0.650. The van der Waals surface area contributed by atoms with Gasteiger partial charge in [-0.1, -0.05) is 6.07 Å². The molecule has 9 heteroatoms. The fourth-order valence-electron chi connectivity index (χ4n) is 2.06. The first-order valence-corrected chi connectivity index (χ1v) is 8.61. The third-order valence-electron chi connectivity index (χ3n) is 3.25. The number of nitrogens with one attached hydrogen (secondary N) is 3. The van der Waals surface area contributed by atoms with Gasteiger partial charge in [-0.2, -0.15) is 5.10 Å². The van der Waals surface area contributed by atoms with E-state index < -0.39 is 21.7 Å². The minimum absolute atomic E-state index is 0.0888. The molecule has 0 saturated heterocycles. The number of H-pyrrole nitrogens is 1. The molecule has 0 aliphatic heterocycles. The predicted octanol–water partition coefficient (Wildman–Crippen LogP) is 2.60. The van der Waals surface area contributed by atoms with E-state index in [0.29, 0.717) is 5.82 Å². The summed E-state index contributed by atoms with van der Waals surface area (Å²) in [5, 5.41) is 8.84. The number of carbonyl (C=O) groups is 1. The maximum atomic E-state index is 12.9. The third-order valence-corrected chi connectivity index (χ3v) is 4.63. The molecule has 3 rings (SSSR count). The molecule has 0 atom stereocenters. The van der Waals surface area contributed by atoms with Gasteiger partial charge in [-0.3, -0.25) is 14.6 Å². The lowest BCUT2D eigenvalue weighted by molar-refractivity contribution is 0.102. The Balaban J connectivity index is 1.82.